The molecule has 25 heavy (non-hydrogen) atoms. The summed E-state index contributed by atoms with van der Waals surface area (Å²) in [6.07, 6.45) is 17.1. The van der Waals surface area contributed by atoms with E-state index in [2.05, 4.69) is 46.4 Å². The SMILES string of the molecule is C.C=C1CCC(C)C/C1=C/C=C1\CCC[C@]2(C)[C@@H]([C@@H](C)CC)CC[C@@H]12. The van der Waals surface area contributed by atoms with E-state index in [1.54, 1.807) is 5.57 Å². The zero-order valence-electron chi connectivity index (χ0n) is 16.5. The van der Waals surface area contributed by atoms with Crippen LogP contribution in [0.4, 0.5) is 0 Å². The van der Waals surface area contributed by atoms with Gasteiger partial charge in [-0.3, -0.25) is 0 Å². The van der Waals surface area contributed by atoms with Crippen LogP contribution in [0.2, 0.25) is 0 Å². The van der Waals surface area contributed by atoms with Crippen molar-refractivity contribution >= 4 is 0 Å². The van der Waals surface area contributed by atoms with Crippen molar-refractivity contribution in [2.45, 2.75) is 92.9 Å². The molecular weight excluding hydrogens is 300 g/mol. The van der Waals surface area contributed by atoms with Gasteiger partial charge in [-0.25, -0.2) is 0 Å². The second-order valence-corrected chi connectivity index (χ2v) is 9.37. The molecule has 0 aromatic heterocycles. The van der Waals surface area contributed by atoms with Gasteiger partial charge in [-0.05, 0) is 86.0 Å². The molecule has 3 fully saturated rings. The van der Waals surface area contributed by atoms with Crippen LogP contribution in [-0.2, 0) is 0 Å². The minimum Gasteiger partial charge on any atom is -0.0956 e. The topological polar surface area (TPSA) is 0 Å². The highest BCUT2D eigenvalue weighted by atomic mass is 14.5. The van der Waals surface area contributed by atoms with Crippen LogP contribution in [0.15, 0.2) is 35.5 Å². The maximum Gasteiger partial charge on any atom is -0.0143 e. The first-order valence-corrected chi connectivity index (χ1v) is 10.5. The first-order valence-electron chi connectivity index (χ1n) is 10.5. The van der Waals surface area contributed by atoms with E-state index >= 15 is 0 Å². The lowest BCUT2D eigenvalue weighted by atomic mass is 9.61. The summed E-state index contributed by atoms with van der Waals surface area (Å²) in [6.45, 7) is 14.2. The number of hydrogen-bond acceptors (Lipinski definition) is 0. The van der Waals surface area contributed by atoms with Crippen molar-refractivity contribution in [3.8, 4) is 0 Å². The molecule has 142 valence electrons. The molecule has 3 rings (SSSR count). The molecule has 0 heterocycles. The molecular formula is C25H42. The summed E-state index contributed by atoms with van der Waals surface area (Å²) in [7, 11) is 0. The van der Waals surface area contributed by atoms with E-state index in [0.717, 1.165) is 23.7 Å². The van der Waals surface area contributed by atoms with Crippen molar-refractivity contribution < 1.29 is 0 Å². The molecule has 1 unspecified atom stereocenters. The van der Waals surface area contributed by atoms with E-state index in [9.17, 15) is 0 Å². The number of rotatable bonds is 3. The van der Waals surface area contributed by atoms with Crippen LogP contribution < -0.4 is 0 Å². The molecule has 3 saturated carbocycles. The molecule has 0 bridgehead atoms. The van der Waals surface area contributed by atoms with E-state index in [1.807, 2.05) is 0 Å². The predicted molar refractivity (Wildman–Crippen MR) is 113 cm³/mol. The van der Waals surface area contributed by atoms with Gasteiger partial charge in [-0.1, -0.05) is 71.4 Å². The van der Waals surface area contributed by atoms with Crippen LogP contribution in [0.5, 0.6) is 0 Å². The fourth-order valence-electron chi connectivity index (χ4n) is 6.10. The van der Waals surface area contributed by atoms with Gasteiger partial charge in [0, 0.05) is 0 Å². The fourth-order valence-corrected chi connectivity index (χ4v) is 6.10. The molecule has 0 spiro atoms. The third-order valence-corrected chi connectivity index (χ3v) is 7.83. The maximum absolute atomic E-state index is 4.32. The third-order valence-electron chi connectivity index (χ3n) is 7.83. The van der Waals surface area contributed by atoms with Crippen LogP contribution in [0.1, 0.15) is 92.9 Å². The van der Waals surface area contributed by atoms with Crippen molar-refractivity contribution in [2.24, 2.45) is 29.1 Å². The van der Waals surface area contributed by atoms with Crippen molar-refractivity contribution in [1.29, 1.82) is 0 Å². The molecule has 3 aliphatic carbocycles. The molecule has 0 saturated heterocycles. The van der Waals surface area contributed by atoms with Crippen molar-refractivity contribution in [2.75, 3.05) is 0 Å². The molecule has 0 nitrogen and oxygen atoms in total. The zero-order chi connectivity index (χ0) is 17.3. The highest BCUT2D eigenvalue weighted by Crippen LogP contribution is 2.59. The first-order chi connectivity index (χ1) is 11.5. The van der Waals surface area contributed by atoms with Crippen LogP contribution >= 0.6 is 0 Å². The Bertz CT molecular complexity index is 534. The standard InChI is InChI=1S/C24H38.CH4/c1-6-18(3)22-13-14-23-20(8-7-15-24(22,23)5)11-12-21-16-17(2)9-10-19(21)4;/h11-12,17-18,22-23H,4,6-10,13-16H2,1-3,5H3;1H4/b20-11+,21-12-;/t17?,18-,22+,23-,24+;/m0./s1. The summed E-state index contributed by atoms with van der Waals surface area (Å²) in [5, 5.41) is 0. The Morgan fingerprint density at radius 1 is 1.20 bits per heavy atom. The van der Waals surface area contributed by atoms with Gasteiger partial charge < -0.3 is 0 Å². The maximum atomic E-state index is 4.32. The normalized spacial score (nSPS) is 40.0. The fraction of sp³-hybridized carbons (Fsp3) is 0.760. The zero-order valence-corrected chi connectivity index (χ0v) is 16.5. The molecule has 0 aromatic carbocycles. The van der Waals surface area contributed by atoms with E-state index < -0.39 is 0 Å². The second-order valence-electron chi connectivity index (χ2n) is 9.37. The monoisotopic (exact) mass is 342 g/mol. The van der Waals surface area contributed by atoms with Crippen molar-refractivity contribution in [3.05, 3.63) is 35.5 Å². The molecule has 3 aliphatic rings. The number of fused-ring (bicyclic) bond motifs is 1. The minimum atomic E-state index is 0. The van der Waals surface area contributed by atoms with Gasteiger partial charge >= 0.3 is 0 Å². The van der Waals surface area contributed by atoms with E-state index in [-0.39, 0.29) is 7.43 Å². The lowest BCUT2D eigenvalue weighted by Gasteiger charge is -2.44. The summed E-state index contributed by atoms with van der Waals surface area (Å²) in [6, 6.07) is 0. The Morgan fingerprint density at radius 3 is 2.68 bits per heavy atom. The van der Waals surface area contributed by atoms with Gasteiger partial charge in [0.2, 0.25) is 0 Å². The molecule has 0 heteroatoms. The van der Waals surface area contributed by atoms with Crippen LogP contribution in [0.25, 0.3) is 0 Å². The lowest BCUT2D eigenvalue weighted by Crippen LogP contribution is -2.35. The molecule has 0 aliphatic heterocycles. The first kappa shape index (κ1) is 20.5. The van der Waals surface area contributed by atoms with Gasteiger partial charge in [0.15, 0.2) is 0 Å². The smallest absolute Gasteiger partial charge is 0.0143 e. The molecule has 0 radical (unpaired) electrons. The molecule has 5 atom stereocenters. The van der Waals surface area contributed by atoms with Gasteiger partial charge in [0.05, 0.1) is 0 Å². The Balaban J connectivity index is 0.00000225. The van der Waals surface area contributed by atoms with Crippen molar-refractivity contribution in [3.63, 3.8) is 0 Å². The van der Waals surface area contributed by atoms with Gasteiger partial charge in [0.1, 0.15) is 0 Å². The van der Waals surface area contributed by atoms with Crippen LogP contribution in [0.3, 0.4) is 0 Å². The molecule has 0 N–H and O–H groups in total. The lowest BCUT2D eigenvalue weighted by molar-refractivity contribution is 0.0961. The van der Waals surface area contributed by atoms with E-state index in [1.165, 1.54) is 68.9 Å². The summed E-state index contributed by atoms with van der Waals surface area (Å²) in [5.74, 6) is 3.50. The summed E-state index contributed by atoms with van der Waals surface area (Å²) >= 11 is 0. The minimum absolute atomic E-state index is 0. The third kappa shape index (κ3) is 3.99. The predicted octanol–water partition coefficient (Wildman–Crippen LogP) is 8.11. The van der Waals surface area contributed by atoms with Gasteiger partial charge in [0.25, 0.3) is 0 Å². The molecule has 0 aromatic rings. The average Bonchev–Trinajstić information content (AvgIpc) is 2.92. The highest BCUT2D eigenvalue weighted by molar-refractivity contribution is 5.35. The highest BCUT2D eigenvalue weighted by Gasteiger charge is 2.50. The summed E-state index contributed by atoms with van der Waals surface area (Å²) in [4.78, 5) is 0. The Morgan fingerprint density at radius 2 is 1.96 bits per heavy atom. The quantitative estimate of drug-likeness (QED) is 0.486. The number of allylic oxidation sites excluding steroid dienone is 5. The largest absolute Gasteiger partial charge is 0.0956 e. The summed E-state index contributed by atoms with van der Waals surface area (Å²) < 4.78 is 0. The van der Waals surface area contributed by atoms with Crippen LogP contribution in [0, 0.1) is 29.1 Å². The Hall–Kier alpha value is -0.780. The number of hydrogen-bond donors (Lipinski definition) is 0. The Kier molecular flexibility index (Phi) is 6.80. The van der Waals surface area contributed by atoms with Crippen LogP contribution in [-0.4, -0.2) is 0 Å². The summed E-state index contributed by atoms with van der Waals surface area (Å²) in [5.41, 5.74) is 5.25. The second kappa shape index (κ2) is 8.28. The average molecular weight is 343 g/mol. The van der Waals surface area contributed by atoms with Crippen molar-refractivity contribution in [1.82, 2.24) is 0 Å². The molecule has 0 amide bonds. The van der Waals surface area contributed by atoms with E-state index in [0.29, 0.717) is 5.41 Å². The van der Waals surface area contributed by atoms with Gasteiger partial charge in [-0.15, -0.1) is 0 Å². The van der Waals surface area contributed by atoms with Gasteiger partial charge in [-0.2, -0.15) is 0 Å². The van der Waals surface area contributed by atoms with E-state index in [4.69, 9.17) is 0 Å². The Labute approximate surface area is 157 Å².